The first kappa shape index (κ1) is 15.0. The highest BCUT2D eigenvalue weighted by Crippen LogP contribution is 2.22. The lowest BCUT2D eigenvalue weighted by Crippen LogP contribution is -2.19. The molecule has 0 saturated heterocycles. The van der Waals surface area contributed by atoms with Crippen LogP contribution in [0.4, 0.5) is 0 Å². The third kappa shape index (κ3) is 4.67. The number of unbranched alkanes of at least 4 members (excludes halogenated alkanes) is 1. The monoisotopic (exact) mass is 251 g/mol. The van der Waals surface area contributed by atoms with Gasteiger partial charge in [-0.1, -0.05) is 6.07 Å². The van der Waals surface area contributed by atoms with Gasteiger partial charge >= 0.3 is 0 Å². The van der Waals surface area contributed by atoms with Crippen molar-refractivity contribution in [1.29, 1.82) is 0 Å². The average Bonchev–Trinajstić information content (AvgIpc) is 2.37. The van der Waals surface area contributed by atoms with Crippen LogP contribution in [0.5, 0.6) is 5.75 Å². The Morgan fingerprint density at radius 3 is 2.56 bits per heavy atom. The third-order valence-corrected chi connectivity index (χ3v) is 3.19. The summed E-state index contributed by atoms with van der Waals surface area (Å²) in [6, 6.07) is 4.32. The molecule has 1 aromatic rings. The number of aryl methyl sites for hydroxylation is 2. The predicted molar refractivity (Wildman–Crippen MR) is 75.4 cm³/mol. The van der Waals surface area contributed by atoms with Crippen molar-refractivity contribution in [1.82, 2.24) is 5.32 Å². The molecule has 0 bridgehead atoms. The Morgan fingerprint density at radius 2 is 1.89 bits per heavy atom. The van der Waals surface area contributed by atoms with E-state index in [0.717, 1.165) is 38.1 Å². The van der Waals surface area contributed by atoms with E-state index >= 15 is 0 Å². The van der Waals surface area contributed by atoms with E-state index in [1.54, 1.807) is 7.11 Å². The number of hydrogen-bond acceptors (Lipinski definition) is 3. The molecule has 0 amide bonds. The van der Waals surface area contributed by atoms with Crippen LogP contribution in [0.1, 0.15) is 29.5 Å². The minimum Gasteiger partial charge on any atom is -0.496 e. The molecule has 3 heteroatoms. The van der Waals surface area contributed by atoms with Crippen molar-refractivity contribution in [2.75, 3.05) is 26.8 Å². The second-order valence-corrected chi connectivity index (χ2v) is 4.68. The molecule has 1 rings (SSSR count). The second-order valence-electron chi connectivity index (χ2n) is 4.68. The van der Waals surface area contributed by atoms with Crippen LogP contribution in [0.2, 0.25) is 0 Å². The van der Waals surface area contributed by atoms with Crippen molar-refractivity contribution >= 4 is 0 Å². The lowest BCUT2D eigenvalue weighted by molar-refractivity contribution is 0.284. The summed E-state index contributed by atoms with van der Waals surface area (Å²) < 4.78 is 5.31. The van der Waals surface area contributed by atoms with Gasteiger partial charge in [0.2, 0.25) is 0 Å². The molecule has 0 unspecified atom stereocenters. The predicted octanol–water partition coefficient (Wildman–Crippen LogP) is 2.22. The molecule has 0 aliphatic heterocycles. The van der Waals surface area contributed by atoms with Crippen molar-refractivity contribution in [3.8, 4) is 5.75 Å². The van der Waals surface area contributed by atoms with E-state index in [-0.39, 0.29) is 0 Å². The van der Waals surface area contributed by atoms with E-state index in [9.17, 15) is 0 Å². The lowest BCUT2D eigenvalue weighted by Gasteiger charge is -2.11. The fourth-order valence-electron chi connectivity index (χ4n) is 2.05. The van der Waals surface area contributed by atoms with Gasteiger partial charge < -0.3 is 15.2 Å². The Kier molecular flexibility index (Phi) is 6.76. The molecule has 0 fully saturated rings. The number of methoxy groups -OCH3 is 1. The zero-order valence-electron chi connectivity index (χ0n) is 11.8. The first-order valence-electron chi connectivity index (χ1n) is 6.64. The average molecular weight is 251 g/mol. The smallest absolute Gasteiger partial charge is 0.122 e. The Bertz CT molecular complexity index is 364. The summed E-state index contributed by atoms with van der Waals surface area (Å²) in [4.78, 5) is 0. The fourth-order valence-corrected chi connectivity index (χ4v) is 2.05. The molecule has 0 saturated carbocycles. The van der Waals surface area contributed by atoms with E-state index in [1.165, 1.54) is 16.7 Å². The third-order valence-electron chi connectivity index (χ3n) is 3.19. The molecule has 1 aromatic carbocycles. The number of aliphatic hydroxyl groups excluding tert-OH is 1. The minimum atomic E-state index is 0.290. The zero-order chi connectivity index (χ0) is 13.4. The SMILES string of the molecule is COc1cc(C)c(CCNCCCCO)cc1C. The van der Waals surface area contributed by atoms with Crippen molar-refractivity contribution in [3.05, 3.63) is 28.8 Å². The van der Waals surface area contributed by atoms with Gasteiger partial charge in [0.15, 0.2) is 0 Å². The van der Waals surface area contributed by atoms with Gasteiger partial charge in [-0.25, -0.2) is 0 Å². The Hall–Kier alpha value is -1.06. The first-order chi connectivity index (χ1) is 8.69. The van der Waals surface area contributed by atoms with Crippen LogP contribution in [0.15, 0.2) is 12.1 Å². The van der Waals surface area contributed by atoms with Crippen molar-refractivity contribution in [2.45, 2.75) is 33.1 Å². The van der Waals surface area contributed by atoms with Crippen molar-refractivity contribution < 1.29 is 9.84 Å². The highest BCUT2D eigenvalue weighted by molar-refractivity contribution is 5.41. The van der Waals surface area contributed by atoms with Gasteiger partial charge in [-0.3, -0.25) is 0 Å². The summed E-state index contributed by atoms with van der Waals surface area (Å²) in [5.74, 6) is 0.965. The van der Waals surface area contributed by atoms with Crippen molar-refractivity contribution in [3.63, 3.8) is 0 Å². The summed E-state index contributed by atoms with van der Waals surface area (Å²) in [7, 11) is 1.71. The van der Waals surface area contributed by atoms with Crippen LogP contribution in [0.3, 0.4) is 0 Å². The van der Waals surface area contributed by atoms with Gasteiger partial charge in [0.05, 0.1) is 7.11 Å². The van der Waals surface area contributed by atoms with E-state index in [0.29, 0.717) is 6.61 Å². The molecule has 0 aromatic heterocycles. The van der Waals surface area contributed by atoms with Crippen LogP contribution in [-0.2, 0) is 6.42 Å². The first-order valence-corrected chi connectivity index (χ1v) is 6.64. The van der Waals surface area contributed by atoms with E-state index in [4.69, 9.17) is 9.84 Å². The molecule has 2 N–H and O–H groups in total. The number of benzene rings is 1. The fraction of sp³-hybridized carbons (Fsp3) is 0.600. The molecule has 102 valence electrons. The molecular formula is C15H25NO2. The minimum absolute atomic E-state index is 0.290. The number of hydrogen-bond donors (Lipinski definition) is 2. The van der Waals surface area contributed by atoms with Gasteiger partial charge in [-0.05, 0) is 69.0 Å². The molecule has 0 radical (unpaired) electrons. The topological polar surface area (TPSA) is 41.5 Å². The molecule has 18 heavy (non-hydrogen) atoms. The molecule has 0 aliphatic carbocycles. The van der Waals surface area contributed by atoms with Gasteiger partial charge in [-0.15, -0.1) is 0 Å². The number of aliphatic hydroxyl groups is 1. The van der Waals surface area contributed by atoms with E-state index in [1.807, 2.05) is 0 Å². The molecular weight excluding hydrogens is 226 g/mol. The van der Waals surface area contributed by atoms with Crippen LogP contribution in [-0.4, -0.2) is 31.9 Å². The maximum Gasteiger partial charge on any atom is 0.122 e. The molecule has 0 atom stereocenters. The van der Waals surface area contributed by atoms with Crippen LogP contribution >= 0.6 is 0 Å². The van der Waals surface area contributed by atoms with Gasteiger partial charge in [-0.2, -0.15) is 0 Å². The Labute approximate surface area is 110 Å². The quantitative estimate of drug-likeness (QED) is 0.696. The van der Waals surface area contributed by atoms with Gasteiger partial charge in [0.1, 0.15) is 5.75 Å². The van der Waals surface area contributed by atoms with Crippen LogP contribution < -0.4 is 10.1 Å². The van der Waals surface area contributed by atoms with Crippen LogP contribution in [0.25, 0.3) is 0 Å². The number of ether oxygens (including phenoxy) is 1. The number of rotatable bonds is 8. The summed E-state index contributed by atoms with van der Waals surface area (Å²) in [6.45, 7) is 6.46. The van der Waals surface area contributed by atoms with Crippen molar-refractivity contribution in [2.24, 2.45) is 0 Å². The maximum absolute atomic E-state index is 8.68. The summed E-state index contributed by atoms with van der Waals surface area (Å²) in [6.07, 6.45) is 2.96. The molecule has 0 heterocycles. The van der Waals surface area contributed by atoms with E-state index < -0.39 is 0 Å². The maximum atomic E-state index is 8.68. The standard InChI is InChI=1S/C15H25NO2/c1-12-11-15(18-3)13(2)10-14(12)6-8-16-7-4-5-9-17/h10-11,16-17H,4-9H2,1-3H3. The lowest BCUT2D eigenvalue weighted by atomic mass is 10.0. The second kappa shape index (κ2) is 8.11. The van der Waals surface area contributed by atoms with Crippen LogP contribution in [0, 0.1) is 13.8 Å². The van der Waals surface area contributed by atoms with E-state index in [2.05, 4.69) is 31.3 Å². The number of nitrogens with one attached hydrogen (secondary N) is 1. The normalized spacial score (nSPS) is 10.7. The van der Waals surface area contributed by atoms with Gasteiger partial charge in [0.25, 0.3) is 0 Å². The Morgan fingerprint density at radius 1 is 1.11 bits per heavy atom. The zero-order valence-corrected chi connectivity index (χ0v) is 11.8. The Balaban J connectivity index is 2.40. The molecule has 3 nitrogen and oxygen atoms in total. The summed E-state index contributed by atoms with van der Waals surface area (Å²) in [5, 5.41) is 12.1. The summed E-state index contributed by atoms with van der Waals surface area (Å²) in [5.41, 5.74) is 3.86. The highest BCUT2D eigenvalue weighted by Gasteiger charge is 2.04. The largest absolute Gasteiger partial charge is 0.496 e. The summed E-state index contributed by atoms with van der Waals surface area (Å²) >= 11 is 0. The molecule has 0 spiro atoms. The molecule has 0 aliphatic rings. The van der Waals surface area contributed by atoms with Gasteiger partial charge in [0, 0.05) is 6.61 Å². The highest BCUT2D eigenvalue weighted by atomic mass is 16.5.